The Balaban J connectivity index is 1.83. The lowest BCUT2D eigenvalue weighted by molar-refractivity contribution is -0.121. The fraction of sp³-hybridized carbons (Fsp3) is 0. The Morgan fingerprint density at radius 2 is 0.769 bits per heavy atom. The van der Waals surface area contributed by atoms with Gasteiger partial charge in [0.05, 0.1) is 11.4 Å². The Kier molecular flexibility index (Phi) is 4.06. The van der Waals surface area contributed by atoms with Crippen LogP contribution in [0, 0.1) is 0 Å². The molecule has 0 unspecified atom stereocenters. The number of carbonyl (C=O) groups excluding carboxylic acids is 6. The van der Waals surface area contributed by atoms with Gasteiger partial charge in [0.25, 0.3) is 23.6 Å². The highest BCUT2D eigenvalue weighted by Gasteiger charge is 2.30. The quantitative estimate of drug-likeness (QED) is 0.504. The summed E-state index contributed by atoms with van der Waals surface area (Å²) in [5, 5.41) is 7.52. The van der Waals surface area contributed by atoms with Gasteiger partial charge in [-0.05, 0) is 24.3 Å². The molecule has 2 fully saturated rings. The lowest BCUT2D eigenvalue weighted by atomic mass is 10.2. The van der Waals surface area contributed by atoms with E-state index < -0.39 is 47.1 Å². The first-order valence-electron chi connectivity index (χ1n) is 6.94. The third kappa shape index (κ3) is 3.33. The van der Waals surface area contributed by atoms with Crippen LogP contribution in [0.5, 0.6) is 0 Å². The van der Waals surface area contributed by atoms with E-state index in [1.807, 2.05) is 21.3 Å². The van der Waals surface area contributed by atoms with Crippen LogP contribution < -0.4 is 21.3 Å². The molecule has 0 aromatic heterocycles. The van der Waals surface area contributed by atoms with Crippen molar-refractivity contribution >= 4 is 58.5 Å². The number of aliphatic imine (C=N–C) groups is 2. The van der Waals surface area contributed by atoms with Gasteiger partial charge in [0.1, 0.15) is 0 Å². The molecule has 12 nitrogen and oxygen atoms in total. The summed E-state index contributed by atoms with van der Waals surface area (Å²) in [5.41, 5.74) is -0.630. The summed E-state index contributed by atoms with van der Waals surface area (Å²) in [6, 6.07) is 3.60. The smallest absolute Gasteiger partial charge is 0.272 e. The van der Waals surface area contributed by atoms with Gasteiger partial charge in [-0.2, -0.15) is 0 Å². The molecule has 2 saturated heterocycles. The highest BCUT2D eigenvalue weighted by Crippen LogP contribution is 2.19. The largest absolute Gasteiger partial charge is 0.328 e. The van der Waals surface area contributed by atoms with Gasteiger partial charge in [0, 0.05) is 0 Å². The molecule has 3 rings (SSSR count). The fourth-order valence-corrected chi connectivity index (χ4v) is 1.98. The lowest BCUT2D eigenvalue weighted by Crippen LogP contribution is -2.56. The van der Waals surface area contributed by atoms with E-state index in [0.717, 1.165) is 0 Å². The number of urea groups is 2. The number of nitrogens with zero attached hydrogens (tertiary/aromatic N) is 2. The van der Waals surface area contributed by atoms with Crippen molar-refractivity contribution in [2.24, 2.45) is 9.98 Å². The van der Waals surface area contributed by atoms with E-state index in [1.165, 1.54) is 24.3 Å². The van der Waals surface area contributed by atoms with Crippen LogP contribution in [0.25, 0.3) is 0 Å². The summed E-state index contributed by atoms with van der Waals surface area (Å²) < 4.78 is 0. The summed E-state index contributed by atoms with van der Waals surface area (Å²) in [6.07, 6.45) is 0. The van der Waals surface area contributed by atoms with Gasteiger partial charge in [-0.15, -0.1) is 0 Å². The minimum Gasteiger partial charge on any atom is -0.272 e. The second-order valence-electron chi connectivity index (χ2n) is 4.91. The standard InChI is InChI=1S/C14H8N6O6/c21-9-7(10(22)18-13(25)17-9)15-5-1-2-6(4-3-5)16-8-11(23)19-14(26)20-12(8)24/h1-4H,(H2,17,18,21,22,25)(H2,19,20,23,24,26). The number of imide groups is 4. The maximum atomic E-state index is 11.6. The zero-order valence-corrected chi connectivity index (χ0v) is 12.7. The van der Waals surface area contributed by atoms with Crippen molar-refractivity contribution in [1.82, 2.24) is 21.3 Å². The Hall–Kier alpha value is -4.22. The van der Waals surface area contributed by atoms with Crippen LogP contribution in [0.15, 0.2) is 34.3 Å². The van der Waals surface area contributed by atoms with E-state index >= 15 is 0 Å². The van der Waals surface area contributed by atoms with E-state index in [-0.39, 0.29) is 11.4 Å². The molecule has 0 saturated carbocycles. The molecule has 0 atom stereocenters. The number of amides is 8. The highest BCUT2D eigenvalue weighted by atomic mass is 16.2. The van der Waals surface area contributed by atoms with Crippen molar-refractivity contribution in [3.05, 3.63) is 24.3 Å². The first kappa shape index (κ1) is 16.6. The fourth-order valence-electron chi connectivity index (χ4n) is 1.98. The van der Waals surface area contributed by atoms with Crippen LogP contribution in [-0.4, -0.2) is 47.1 Å². The van der Waals surface area contributed by atoms with Crippen LogP contribution in [0.1, 0.15) is 0 Å². The third-order valence-electron chi connectivity index (χ3n) is 3.10. The Labute approximate surface area is 143 Å². The van der Waals surface area contributed by atoms with Gasteiger partial charge >= 0.3 is 12.1 Å². The molecule has 12 heteroatoms. The monoisotopic (exact) mass is 356 g/mol. The third-order valence-corrected chi connectivity index (χ3v) is 3.10. The van der Waals surface area contributed by atoms with Crippen molar-refractivity contribution in [3.63, 3.8) is 0 Å². The molecule has 2 aliphatic rings. The van der Waals surface area contributed by atoms with E-state index in [1.54, 1.807) is 0 Å². The van der Waals surface area contributed by atoms with Crippen molar-refractivity contribution < 1.29 is 28.8 Å². The van der Waals surface area contributed by atoms with Gasteiger partial charge in [0.2, 0.25) is 0 Å². The summed E-state index contributed by atoms with van der Waals surface area (Å²) >= 11 is 0. The maximum absolute atomic E-state index is 11.6. The SMILES string of the molecule is O=C1NC(=O)C(=Nc2ccc(N=C3C(=O)NC(=O)NC3=O)cc2)C(=O)N1. The predicted molar refractivity (Wildman–Crippen MR) is 84.0 cm³/mol. The number of hydrogen-bond acceptors (Lipinski definition) is 8. The van der Waals surface area contributed by atoms with Gasteiger partial charge < -0.3 is 0 Å². The van der Waals surface area contributed by atoms with Gasteiger partial charge in [-0.3, -0.25) is 40.4 Å². The average molecular weight is 356 g/mol. The molecular weight excluding hydrogens is 348 g/mol. The minimum atomic E-state index is -0.941. The predicted octanol–water partition coefficient (Wildman–Crippen LogP) is -1.44. The Bertz CT molecular complexity index is 824. The highest BCUT2D eigenvalue weighted by molar-refractivity contribution is 6.69. The molecule has 1 aromatic rings. The van der Waals surface area contributed by atoms with Crippen molar-refractivity contribution in [2.75, 3.05) is 0 Å². The maximum Gasteiger partial charge on any atom is 0.328 e. The molecule has 26 heavy (non-hydrogen) atoms. The zero-order valence-electron chi connectivity index (χ0n) is 12.7. The van der Waals surface area contributed by atoms with E-state index in [2.05, 4.69) is 9.98 Å². The summed E-state index contributed by atoms with van der Waals surface area (Å²) in [4.78, 5) is 75.9. The molecule has 2 aliphatic heterocycles. The van der Waals surface area contributed by atoms with Crippen LogP contribution in [0.4, 0.5) is 21.0 Å². The summed E-state index contributed by atoms with van der Waals surface area (Å²) in [7, 11) is 0. The van der Waals surface area contributed by atoms with Crippen LogP contribution in [-0.2, 0) is 19.2 Å². The second kappa shape index (κ2) is 6.35. The van der Waals surface area contributed by atoms with E-state index in [4.69, 9.17) is 0 Å². The van der Waals surface area contributed by atoms with E-state index in [9.17, 15) is 28.8 Å². The average Bonchev–Trinajstić information content (AvgIpc) is 2.55. The Morgan fingerprint density at radius 3 is 1.04 bits per heavy atom. The minimum absolute atomic E-state index is 0.191. The van der Waals surface area contributed by atoms with Crippen LogP contribution >= 0.6 is 0 Å². The number of benzene rings is 1. The van der Waals surface area contributed by atoms with Crippen molar-refractivity contribution in [1.29, 1.82) is 0 Å². The molecule has 130 valence electrons. The number of rotatable bonds is 2. The van der Waals surface area contributed by atoms with Crippen molar-refractivity contribution in [2.45, 2.75) is 0 Å². The second-order valence-corrected chi connectivity index (χ2v) is 4.91. The molecule has 0 aliphatic carbocycles. The van der Waals surface area contributed by atoms with Crippen LogP contribution in [0.2, 0.25) is 0 Å². The summed E-state index contributed by atoms with van der Waals surface area (Å²) in [6.45, 7) is 0. The number of carbonyl (C=O) groups is 6. The van der Waals surface area contributed by atoms with Gasteiger partial charge in [0.15, 0.2) is 11.4 Å². The normalized spacial score (nSPS) is 17.2. The molecule has 2 heterocycles. The Morgan fingerprint density at radius 1 is 0.500 bits per heavy atom. The summed E-state index contributed by atoms with van der Waals surface area (Å²) in [5.74, 6) is -3.77. The van der Waals surface area contributed by atoms with Crippen LogP contribution in [0.3, 0.4) is 0 Å². The topological polar surface area (TPSA) is 175 Å². The van der Waals surface area contributed by atoms with Crippen molar-refractivity contribution in [3.8, 4) is 0 Å². The molecule has 4 N–H and O–H groups in total. The molecule has 0 bridgehead atoms. The number of nitrogens with one attached hydrogen (secondary N) is 4. The van der Waals surface area contributed by atoms with E-state index in [0.29, 0.717) is 0 Å². The first-order chi connectivity index (χ1) is 12.3. The molecular formula is C14H8N6O6. The van der Waals surface area contributed by atoms with Gasteiger partial charge in [-0.25, -0.2) is 19.6 Å². The molecule has 0 radical (unpaired) electrons. The molecule has 8 amide bonds. The lowest BCUT2D eigenvalue weighted by Gasteiger charge is -2.13. The number of hydrogen-bond donors (Lipinski definition) is 4. The first-order valence-corrected chi connectivity index (χ1v) is 6.94. The molecule has 0 spiro atoms. The molecule has 1 aromatic carbocycles. The zero-order chi connectivity index (χ0) is 18.8. The van der Waals surface area contributed by atoms with Gasteiger partial charge in [-0.1, -0.05) is 0 Å². The number of barbiturate groups is 2.